The summed E-state index contributed by atoms with van der Waals surface area (Å²) in [5, 5.41) is 16.1. The number of ether oxygens (including phenoxy) is 1. The molecule has 66 valence electrons. The van der Waals surface area contributed by atoms with E-state index in [0.29, 0.717) is 11.4 Å². The first-order chi connectivity index (χ1) is 6.27. The van der Waals surface area contributed by atoms with Crippen LogP contribution in [-0.2, 0) is 0 Å². The quantitative estimate of drug-likeness (QED) is 0.712. The van der Waals surface area contributed by atoms with Crippen LogP contribution < -0.4 is 4.74 Å². The van der Waals surface area contributed by atoms with Gasteiger partial charge in [0.05, 0.1) is 5.56 Å². The fourth-order valence-electron chi connectivity index (χ4n) is 1.05. The van der Waals surface area contributed by atoms with Gasteiger partial charge in [-0.3, -0.25) is 0 Å². The molecule has 0 radical (unpaired) electrons. The number of hydrogen-bond acceptors (Lipinski definition) is 4. The molecule has 0 saturated carbocycles. The van der Waals surface area contributed by atoms with Crippen molar-refractivity contribution < 1.29 is 14.6 Å². The van der Waals surface area contributed by atoms with Gasteiger partial charge in [-0.1, -0.05) is 0 Å². The molecule has 0 amide bonds. The summed E-state index contributed by atoms with van der Waals surface area (Å²) in [6, 6.07) is 4.48. The summed E-state index contributed by atoms with van der Waals surface area (Å²) in [4.78, 5) is 10.6. The Labute approximate surface area is 73.7 Å². The van der Waals surface area contributed by atoms with E-state index < -0.39 is 5.97 Å². The highest BCUT2D eigenvalue weighted by Gasteiger charge is 2.11. The number of carbonyl (C=O) groups is 1. The van der Waals surface area contributed by atoms with E-state index in [1.54, 1.807) is 6.07 Å². The number of fused-ring (bicyclic) bond motifs is 1. The van der Waals surface area contributed by atoms with Crippen LogP contribution in [0.2, 0.25) is 0 Å². The number of azo groups is 1. The van der Waals surface area contributed by atoms with Crippen molar-refractivity contribution in [1.82, 2.24) is 0 Å². The molecule has 5 heteroatoms. The lowest BCUT2D eigenvalue weighted by Gasteiger charge is -2.10. The lowest BCUT2D eigenvalue weighted by atomic mass is 10.2. The van der Waals surface area contributed by atoms with Gasteiger partial charge < -0.3 is 9.84 Å². The van der Waals surface area contributed by atoms with Crippen LogP contribution >= 0.6 is 0 Å². The Morgan fingerprint density at radius 2 is 2.38 bits per heavy atom. The molecule has 1 aromatic rings. The molecular formula is C8H6N2O3. The van der Waals surface area contributed by atoms with Gasteiger partial charge in [0.2, 0.25) is 0 Å². The van der Waals surface area contributed by atoms with E-state index in [4.69, 9.17) is 9.84 Å². The zero-order valence-electron chi connectivity index (χ0n) is 6.60. The summed E-state index contributed by atoms with van der Waals surface area (Å²) in [6.45, 7) is 0.149. The van der Waals surface area contributed by atoms with Gasteiger partial charge in [-0.15, -0.1) is 10.2 Å². The Bertz CT molecular complexity index is 387. The molecule has 1 aromatic carbocycles. The van der Waals surface area contributed by atoms with Crippen molar-refractivity contribution in [2.45, 2.75) is 0 Å². The molecule has 13 heavy (non-hydrogen) atoms. The highest BCUT2D eigenvalue weighted by atomic mass is 16.5. The molecule has 0 atom stereocenters. The zero-order chi connectivity index (χ0) is 9.26. The van der Waals surface area contributed by atoms with Crippen molar-refractivity contribution in [2.24, 2.45) is 10.2 Å². The third-order valence-electron chi connectivity index (χ3n) is 1.66. The summed E-state index contributed by atoms with van der Waals surface area (Å²) in [7, 11) is 0. The van der Waals surface area contributed by atoms with Gasteiger partial charge in [0.15, 0.2) is 12.5 Å². The van der Waals surface area contributed by atoms with Crippen LogP contribution in [0.3, 0.4) is 0 Å². The average Bonchev–Trinajstić information content (AvgIpc) is 2.17. The number of nitrogens with zero attached hydrogens (tertiary/aromatic N) is 2. The summed E-state index contributed by atoms with van der Waals surface area (Å²) in [6.07, 6.45) is 0. The van der Waals surface area contributed by atoms with E-state index in [2.05, 4.69) is 10.2 Å². The fraction of sp³-hybridized carbons (Fsp3) is 0.125. The molecule has 0 fully saturated rings. The molecule has 5 nitrogen and oxygen atoms in total. The molecule has 1 aliphatic heterocycles. The van der Waals surface area contributed by atoms with E-state index in [-0.39, 0.29) is 12.3 Å². The minimum atomic E-state index is -0.978. The highest BCUT2D eigenvalue weighted by Crippen LogP contribution is 2.31. The zero-order valence-corrected chi connectivity index (χ0v) is 6.60. The SMILES string of the molecule is O=C(O)c1ccc2c(c1)OCN=N2. The summed E-state index contributed by atoms with van der Waals surface area (Å²) in [5.74, 6) is -0.510. The maximum Gasteiger partial charge on any atom is 0.335 e. The van der Waals surface area contributed by atoms with Crippen molar-refractivity contribution in [3.63, 3.8) is 0 Å². The van der Waals surface area contributed by atoms with Gasteiger partial charge in [-0.05, 0) is 18.2 Å². The second-order valence-electron chi connectivity index (χ2n) is 2.50. The van der Waals surface area contributed by atoms with Gasteiger partial charge in [-0.25, -0.2) is 4.79 Å². The van der Waals surface area contributed by atoms with Crippen LogP contribution in [0.4, 0.5) is 5.69 Å². The predicted octanol–water partition coefficient (Wildman–Crippen LogP) is 1.82. The smallest absolute Gasteiger partial charge is 0.335 e. The van der Waals surface area contributed by atoms with E-state index >= 15 is 0 Å². The van der Waals surface area contributed by atoms with E-state index in [9.17, 15) is 4.79 Å². The number of rotatable bonds is 1. The van der Waals surface area contributed by atoms with Gasteiger partial charge in [-0.2, -0.15) is 0 Å². The molecule has 1 N–H and O–H groups in total. The molecule has 0 spiro atoms. The number of carboxylic acid groups (broad SMARTS) is 1. The fourth-order valence-corrected chi connectivity index (χ4v) is 1.05. The maximum absolute atomic E-state index is 10.6. The average molecular weight is 178 g/mol. The first kappa shape index (κ1) is 7.72. The number of hydrogen-bond donors (Lipinski definition) is 1. The molecule has 0 unspecified atom stereocenters. The van der Waals surface area contributed by atoms with Crippen LogP contribution in [0.25, 0.3) is 0 Å². The third kappa shape index (κ3) is 1.35. The second-order valence-corrected chi connectivity index (χ2v) is 2.50. The van der Waals surface area contributed by atoms with Crippen LogP contribution in [0.15, 0.2) is 28.4 Å². The molecule has 0 aromatic heterocycles. The number of aromatic carboxylic acids is 1. The first-order valence-electron chi connectivity index (χ1n) is 3.65. The molecule has 1 heterocycles. The van der Waals surface area contributed by atoms with Crippen molar-refractivity contribution in [2.75, 3.05) is 6.73 Å². The molecule has 0 saturated heterocycles. The minimum absolute atomic E-state index is 0.149. The Morgan fingerprint density at radius 1 is 1.54 bits per heavy atom. The summed E-state index contributed by atoms with van der Waals surface area (Å²) in [5.41, 5.74) is 0.757. The monoisotopic (exact) mass is 178 g/mol. The Balaban J connectivity index is 2.48. The first-order valence-corrected chi connectivity index (χ1v) is 3.65. The largest absolute Gasteiger partial charge is 0.478 e. The van der Waals surface area contributed by atoms with Crippen LogP contribution in [0.1, 0.15) is 10.4 Å². The Hall–Kier alpha value is -1.91. The van der Waals surface area contributed by atoms with Crippen molar-refractivity contribution in [3.05, 3.63) is 23.8 Å². The summed E-state index contributed by atoms with van der Waals surface area (Å²) >= 11 is 0. The van der Waals surface area contributed by atoms with Gasteiger partial charge in [0, 0.05) is 0 Å². The Morgan fingerprint density at radius 3 is 3.15 bits per heavy atom. The summed E-state index contributed by atoms with van der Waals surface area (Å²) < 4.78 is 5.09. The van der Waals surface area contributed by atoms with Gasteiger partial charge >= 0.3 is 5.97 Å². The highest BCUT2D eigenvalue weighted by molar-refractivity contribution is 5.88. The maximum atomic E-state index is 10.6. The van der Waals surface area contributed by atoms with Gasteiger partial charge in [0.25, 0.3) is 0 Å². The Kier molecular flexibility index (Phi) is 1.70. The second kappa shape index (κ2) is 2.85. The minimum Gasteiger partial charge on any atom is -0.478 e. The lowest BCUT2D eigenvalue weighted by molar-refractivity contribution is 0.0696. The molecule has 2 rings (SSSR count). The van der Waals surface area contributed by atoms with Crippen molar-refractivity contribution >= 4 is 11.7 Å². The molecule has 0 aliphatic carbocycles. The van der Waals surface area contributed by atoms with E-state index in [1.807, 2.05) is 0 Å². The predicted molar refractivity (Wildman–Crippen MR) is 43.4 cm³/mol. The number of carboxylic acids is 1. The van der Waals surface area contributed by atoms with Crippen molar-refractivity contribution in [3.8, 4) is 5.75 Å². The lowest BCUT2D eigenvalue weighted by Crippen LogP contribution is -2.01. The molecular weight excluding hydrogens is 172 g/mol. The van der Waals surface area contributed by atoms with E-state index in [1.165, 1.54) is 12.1 Å². The van der Waals surface area contributed by atoms with Gasteiger partial charge in [0.1, 0.15) is 5.69 Å². The molecule has 0 bridgehead atoms. The standard InChI is InChI=1S/C8H6N2O3/c11-8(12)5-1-2-6-7(3-5)13-4-9-10-6/h1-3H,4H2,(H,11,12). The topological polar surface area (TPSA) is 71.2 Å². The van der Waals surface area contributed by atoms with Crippen molar-refractivity contribution in [1.29, 1.82) is 0 Å². The van der Waals surface area contributed by atoms with Crippen LogP contribution in [0, 0.1) is 0 Å². The normalized spacial score (nSPS) is 13.2. The van der Waals surface area contributed by atoms with Crippen LogP contribution in [0.5, 0.6) is 5.75 Å². The van der Waals surface area contributed by atoms with E-state index in [0.717, 1.165) is 0 Å². The van der Waals surface area contributed by atoms with Crippen LogP contribution in [-0.4, -0.2) is 17.8 Å². The number of benzene rings is 1. The molecule has 1 aliphatic rings. The third-order valence-corrected chi connectivity index (χ3v) is 1.66.